The predicted molar refractivity (Wildman–Crippen MR) is 81.2 cm³/mol. The number of nitrogens with one attached hydrogen (secondary N) is 1. The van der Waals surface area contributed by atoms with Crippen LogP contribution in [0.25, 0.3) is 0 Å². The van der Waals surface area contributed by atoms with E-state index >= 15 is 0 Å². The van der Waals surface area contributed by atoms with Crippen LogP contribution in [0.3, 0.4) is 0 Å². The van der Waals surface area contributed by atoms with Crippen molar-refractivity contribution in [3.63, 3.8) is 0 Å². The minimum absolute atomic E-state index is 0.408. The maximum Gasteiger partial charge on any atom is 0.175 e. The topological polar surface area (TPSA) is 64.9 Å². The van der Waals surface area contributed by atoms with Crippen molar-refractivity contribution in [3.8, 4) is 5.75 Å². The van der Waals surface area contributed by atoms with Crippen LogP contribution in [0.15, 0.2) is 24.3 Å². The first-order chi connectivity index (χ1) is 10.2. The van der Waals surface area contributed by atoms with Gasteiger partial charge in [0.1, 0.15) is 5.75 Å². The molecule has 114 valence electrons. The molecule has 1 unspecified atom stereocenters. The van der Waals surface area contributed by atoms with Crippen molar-refractivity contribution in [1.82, 2.24) is 25.5 Å². The summed E-state index contributed by atoms with van der Waals surface area (Å²) in [5, 5.41) is 15.7. The van der Waals surface area contributed by atoms with E-state index < -0.39 is 0 Å². The second kappa shape index (κ2) is 7.73. The highest BCUT2D eigenvalue weighted by Crippen LogP contribution is 2.22. The van der Waals surface area contributed by atoms with E-state index in [1.54, 1.807) is 14.2 Å². The molecule has 0 fully saturated rings. The molecule has 6 nitrogen and oxygen atoms in total. The molecule has 0 spiro atoms. The molecule has 21 heavy (non-hydrogen) atoms. The van der Waals surface area contributed by atoms with E-state index in [9.17, 15) is 0 Å². The molecule has 6 heteroatoms. The fourth-order valence-electron chi connectivity index (χ4n) is 2.41. The lowest BCUT2D eigenvalue weighted by Gasteiger charge is -2.17. The average Bonchev–Trinajstić information content (AvgIpc) is 2.90. The van der Waals surface area contributed by atoms with Crippen molar-refractivity contribution in [3.05, 3.63) is 35.7 Å². The van der Waals surface area contributed by atoms with Crippen LogP contribution in [0.5, 0.6) is 5.75 Å². The summed E-state index contributed by atoms with van der Waals surface area (Å²) < 4.78 is 5.44. The van der Waals surface area contributed by atoms with Crippen LogP contribution < -0.4 is 10.1 Å². The number of aromatic nitrogens is 4. The standard InChI is InChI=1S/C15H23N5O/c1-4-16-11-12(10-15-17-19-20(2)18-15)9-13-7-5-6-8-14(13)21-3/h5-8,12,16H,4,9-11H2,1-3H3. The number of aryl methyl sites for hydroxylation is 1. The van der Waals surface area contributed by atoms with Crippen molar-refractivity contribution in [1.29, 1.82) is 0 Å². The van der Waals surface area contributed by atoms with Crippen LogP contribution in [-0.4, -0.2) is 40.4 Å². The fraction of sp³-hybridized carbons (Fsp3) is 0.533. The van der Waals surface area contributed by atoms with Gasteiger partial charge in [-0.3, -0.25) is 0 Å². The lowest BCUT2D eigenvalue weighted by molar-refractivity contribution is 0.399. The molecular weight excluding hydrogens is 266 g/mol. The van der Waals surface area contributed by atoms with Gasteiger partial charge in [-0.05, 0) is 42.3 Å². The summed E-state index contributed by atoms with van der Waals surface area (Å²) in [6.07, 6.45) is 1.73. The molecule has 2 rings (SSSR count). The zero-order valence-corrected chi connectivity index (χ0v) is 12.9. The van der Waals surface area contributed by atoms with Gasteiger partial charge in [0.15, 0.2) is 5.82 Å². The van der Waals surface area contributed by atoms with Crippen molar-refractivity contribution >= 4 is 0 Å². The van der Waals surface area contributed by atoms with Gasteiger partial charge in [0.05, 0.1) is 14.2 Å². The average molecular weight is 289 g/mol. The van der Waals surface area contributed by atoms with Crippen molar-refractivity contribution in [2.45, 2.75) is 19.8 Å². The Morgan fingerprint density at radius 3 is 2.76 bits per heavy atom. The zero-order valence-electron chi connectivity index (χ0n) is 12.9. The first kappa shape index (κ1) is 15.4. The summed E-state index contributed by atoms with van der Waals surface area (Å²) in [5.74, 6) is 2.13. The van der Waals surface area contributed by atoms with Gasteiger partial charge in [-0.1, -0.05) is 25.1 Å². The molecule has 0 aliphatic carbocycles. The third-order valence-corrected chi connectivity index (χ3v) is 3.41. The molecule has 1 aromatic heterocycles. The summed E-state index contributed by atoms with van der Waals surface area (Å²) in [4.78, 5) is 1.50. The number of rotatable bonds is 8. The second-order valence-corrected chi connectivity index (χ2v) is 5.09. The molecular formula is C15H23N5O. The Hall–Kier alpha value is -1.95. The number of tetrazole rings is 1. The van der Waals surface area contributed by atoms with Gasteiger partial charge in [0.2, 0.25) is 0 Å². The largest absolute Gasteiger partial charge is 0.496 e. The molecule has 2 aromatic rings. The number of methoxy groups -OCH3 is 1. The summed E-state index contributed by atoms with van der Waals surface area (Å²) in [7, 11) is 3.50. The highest BCUT2D eigenvalue weighted by atomic mass is 16.5. The number of hydrogen-bond donors (Lipinski definition) is 1. The summed E-state index contributed by atoms with van der Waals surface area (Å²) in [6.45, 7) is 3.99. The quantitative estimate of drug-likeness (QED) is 0.792. The van der Waals surface area contributed by atoms with Gasteiger partial charge in [0.25, 0.3) is 0 Å². The monoisotopic (exact) mass is 289 g/mol. The van der Waals surface area contributed by atoms with Crippen molar-refractivity contribution in [2.24, 2.45) is 13.0 Å². The summed E-state index contributed by atoms with van der Waals surface area (Å²) in [5.41, 5.74) is 1.21. The predicted octanol–water partition coefficient (Wildman–Crippen LogP) is 1.23. The summed E-state index contributed by atoms with van der Waals surface area (Å²) >= 11 is 0. The van der Waals surface area contributed by atoms with Crippen LogP contribution >= 0.6 is 0 Å². The number of benzene rings is 1. The molecule has 1 atom stereocenters. The Labute approximate surface area is 125 Å². The smallest absolute Gasteiger partial charge is 0.175 e. The van der Waals surface area contributed by atoms with E-state index in [1.807, 2.05) is 18.2 Å². The number of para-hydroxylation sites is 1. The van der Waals surface area contributed by atoms with Gasteiger partial charge in [0, 0.05) is 6.42 Å². The molecule has 0 aliphatic rings. The van der Waals surface area contributed by atoms with Gasteiger partial charge in [-0.15, -0.1) is 10.2 Å². The van der Waals surface area contributed by atoms with Crippen LogP contribution in [-0.2, 0) is 19.9 Å². The molecule has 0 bridgehead atoms. The zero-order chi connectivity index (χ0) is 15.1. The van der Waals surface area contributed by atoms with E-state index in [2.05, 4.69) is 33.7 Å². The number of ether oxygens (including phenoxy) is 1. The maximum absolute atomic E-state index is 5.44. The molecule has 0 amide bonds. The first-order valence-electron chi connectivity index (χ1n) is 7.28. The Morgan fingerprint density at radius 2 is 2.10 bits per heavy atom. The Morgan fingerprint density at radius 1 is 1.29 bits per heavy atom. The normalized spacial score (nSPS) is 12.3. The maximum atomic E-state index is 5.44. The lowest BCUT2D eigenvalue weighted by Crippen LogP contribution is -2.26. The van der Waals surface area contributed by atoms with Gasteiger partial charge in [-0.25, -0.2) is 0 Å². The minimum Gasteiger partial charge on any atom is -0.496 e. The van der Waals surface area contributed by atoms with E-state index in [0.29, 0.717) is 5.92 Å². The Kier molecular flexibility index (Phi) is 5.68. The molecule has 0 saturated carbocycles. The van der Waals surface area contributed by atoms with Gasteiger partial charge < -0.3 is 10.1 Å². The van der Waals surface area contributed by atoms with Crippen molar-refractivity contribution in [2.75, 3.05) is 20.2 Å². The van der Waals surface area contributed by atoms with E-state index in [4.69, 9.17) is 4.74 Å². The SMILES string of the molecule is CCNCC(Cc1nnn(C)n1)Cc1ccccc1OC. The molecule has 1 heterocycles. The van der Waals surface area contributed by atoms with Crippen LogP contribution in [0.2, 0.25) is 0 Å². The van der Waals surface area contributed by atoms with E-state index in [0.717, 1.165) is 37.5 Å². The third kappa shape index (κ3) is 4.53. The van der Waals surface area contributed by atoms with Gasteiger partial charge >= 0.3 is 0 Å². The first-order valence-corrected chi connectivity index (χ1v) is 7.28. The fourth-order valence-corrected chi connectivity index (χ4v) is 2.41. The molecule has 0 saturated heterocycles. The second-order valence-electron chi connectivity index (χ2n) is 5.09. The van der Waals surface area contributed by atoms with E-state index in [1.165, 1.54) is 10.4 Å². The molecule has 0 radical (unpaired) electrons. The van der Waals surface area contributed by atoms with Gasteiger partial charge in [-0.2, -0.15) is 4.80 Å². The minimum atomic E-state index is 0.408. The van der Waals surface area contributed by atoms with E-state index in [-0.39, 0.29) is 0 Å². The summed E-state index contributed by atoms with van der Waals surface area (Å²) in [6, 6.07) is 8.15. The van der Waals surface area contributed by atoms with Crippen LogP contribution in [0, 0.1) is 5.92 Å². The van der Waals surface area contributed by atoms with Crippen LogP contribution in [0.1, 0.15) is 18.3 Å². The Balaban J connectivity index is 2.08. The molecule has 0 aliphatic heterocycles. The lowest BCUT2D eigenvalue weighted by atomic mass is 9.95. The van der Waals surface area contributed by atoms with Crippen LogP contribution in [0.4, 0.5) is 0 Å². The molecule has 1 aromatic carbocycles. The molecule has 1 N–H and O–H groups in total. The highest BCUT2D eigenvalue weighted by Gasteiger charge is 2.15. The third-order valence-electron chi connectivity index (χ3n) is 3.41. The van der Waals surface area contributed by atoms with Crippen molar-refractivity contribution < 1.29 is 4.74 Å². The number of hydrogen-bond acceptors (Lipinski definition) is 5. The highest BCUT2D eigenvalue weighted by molar-refractivity contribution is 5.33. The number of nitrogens with zero attached hydrogens (tertiary/aromatic N) is 4. The Bertz CT molecular complexity index is 555.